The average Bonchev–Trinajstić information content (AvgIpc) is 3.11. The maximum atomic E-state index is 2.38. The summed E-state index contributed by atoms with van der Waals surface area (Å²) in [6.45, 7) is 2.32. The molecule has 3 aromatic carbocycles. The fourth-order valence-electron chi connectivity index (χ4n) is 4.08. The van der Waals surface area contributed by atoms with E-state index < -0.39 is 8.07 Å². The first-order valence-corrected chi connectivity index (χ1v) is 10.00. The van der Waals surface area contributed by atoms with Crippen molar-refractivity contribution < 1.29 is 0 Å². The van der Waals surface area contributed by atoms with Crippen molar-refractivity contribution >= 4 is 23.6 Å². The second kappa shape index (κ2) is 4.78. The largest absolute Gasteiger partial charge is 0.152 e. The van der Waals surface area contributed by atoms with Crippen LogP contribution in [0.5, 0.6) is 0 Å². The van der Waals surface area contributed by atoms with Gasteiger partial charge < -0.3 is 0 Å². The van der Waals surface area contributed by atoms with Crippen molar-refractivity contribution in [2.24, 2.45) is 0 Å². The Morgan fingerprint density at radius 3 is 2.43 bits per heavy atom. The minimum atomic E-state index is -1.80. The molecule has 0 spiro atoms. The SMILES string of the molecule is CCC[Si@]1(c2ccccc2)c2ccccc2-[c-]2cccc21. The average molecular weight is 287 g/mol. The van der Waals surface area contributed by atoms with Crippen LogP contribution in [0.1, 0.15) is 13.3 Å². The van der Waals surface area contributed by atoms with Crippen molar-refractivity contribution in [2.75, 3.05) is 0 Å². The Morgan fingerprint density at radius 2 is 1.62 bits per heavy atom. The number of fused-ring (bicyclic) bond motifs is 3. The highest BCUT2D eigenvalue weighted by atomic mass is 28.3. The van der Waals surface area contributed by atoms with Gasteiger partial charge in [-0.3, -0.25) is 0 Å². The first kappa shape index (κ1) is 12.7. The highest BCUT2D eigenvalue weighted by molar-refractivity contribution is 7.14. The fraction of sp³-hybridized carbons (Fsp3) is 0.150. The van der Waals surface area contributed by atoms with Crippen LogP contribution in [-0.2, 0) is 0 Å². The van der Waals surface area contributed by atoms with Crippen LogP contribution >= 0.6 is 0 Å². The van der Waals surface area contributed by atoms with Gasteiger partial charge in [-0.25, -0.2) is 0 Å². The lowest BCUT2D eigenvalue weighted by molar-refractivity contribution is 1.06. The smallest absolute Gasteiger partial charge is 0.0966 e. The number of hydrogen-bond acceptors (Lipinski definition) is 0. The van der Waals surface area contributed by atoms with Crippen LogP contribution in [-0.4, -0.2) is 8.07 Å². The molecular formula is C20H19Si-. The van der Waals surface area contributed by atoms with Crippen LogP contribution in [0, 0.1) is 0 Å². The van der Waals surface area contributed by atoms with E-state index in [1.807, 2.05) is 0 Å². The molecule has 0 fully saturated rings. The molecule has 0 saturated heterocycles. The van der Waals surface area contributed by atoms with E-state index in [2.05, 4.69) is 79.7 Å². The summed E-state index contributed by atoms with van der Waals surface area (Å²) in [5.41, 5.74) is 2.95. The van der Waals surface area contributed by atoms with E-state index >= 15 is 0 Å². The lowest BCUT2D eigenvalue weighted by atomic mass is 10.1. The van der Waals surface area contributed by atoms with Gasteiger partial charge in [-0.2, -0.15) is 12.1 Å². The zero-order valence-corrected chi connectivity index (χ0v) is 13.3. The molecule has 0 unspecified atom stereocenters. The summed E-state index contributed by atoms with van der Waals surface area (Å²) in [5.74, 6) is 0. The van der Waals surface area contributed by atoms with Crippen molar-refractivity contribution in [1.82, 2.24) is 0 Å². The van der Waals surface area contributed by atoms with Crippen LogP contribution in [0.15, 0.2) is 72.8 Å². The van der Waals surface area contributed by atoms with Crippen molar-refractivity contribution in [1.29, 1.82) is 0 Å². The van der Waals surface area contributed by atoms with E-state index in [0.717, 1.165) is 0 Å². The summed E-state index contributed by atoms with van der Waals surface area (Å²) in [4.78, 5) is 0. The molecule has 0 N–H and O–H groups in total. The predicted molar refractivity (Wildman–Crippen MR) is 93.7 cm³/mol. The summed E-state index contributed by atoms with van der Waals surface area (Å²) >= 11 is 0. The van der Waals surface area contributed by atoms with E-state index in [1.54, 1.807) is 15.6 Å². The Hall–Kier alpha value is -1.99. The Kier molecular flexibility index (Phi) is 2.90. The van der Waals surface area contributed by atoms with Gasteiger partial charge in [0, 0.05) is 0 Å². The zero-order valence-electron chi connectivity index (χ0n) is 12.3. The maximum absolute atomic E-state index is 2.38. The normalized spacial score (nSPS) is 19.3. The van der Waals surface area contributed by atoms with Crippen molar-refractivity contribution in [3.05, 3.63) is 72.8 Å². The quantitative estimate of drug-likeness (QED) is 0.512. The van der Waals surface area contributed by atoms with Crippen LogP contribution in [0.2, 0.25) is 6.04 Å². The third-order valence-corrected chi connectivity index (χ3v) is 10.1. The van der Waals surface area contributed by atoms with Crippen LogP contribution in [0.4, 0.5) is 0 Å². The molecule has 104 valence electrons. The van der Waals surface area contributed by atoms with Gasteiger partial charge in [0.05, 0.1) is 8.07 Å². The molecule has 0 bridgehead atoms. The van der Waals surface area contributed by atoms with Crippen molar-refractivity contribution in [3.8, 4) is 11.1 Å². The van der Waals surface area contributed by atoms with Crippen molar-refractivity contribution in [3.63, 3.8) is 0 Å². The van der Waals surface area contributed by atoms with Gasteiger partial charge in [0.1, 0.15) is 0 Å². The van der Waals surface area contributed by atoms with E-state index in [0.29, 0.717) is 0 Å². The molecule has 4 rings (SSSR count). The summed E-state index contributed by atoms with van der Waals surface area (Å²) in [5, 5.41) is 4.80. The molecule has 0 amide bonds. The first-order chi connectivity index (χ1) is 10.4. The standard InChI is InChI=1S/C20H19Si/c1-2-15-21(16-9-4-3-5-10-16)19-13-7-6-11-17(19)18-12-8-14-20(18)21/h3-14H,2,15H2,1H3/q-1/t21-/m0/s1. The molecule has 0 aliphatic carbocycles. The Labute approximate surface area is 127 Å². The van der Waals surface area contributed by atoms with E-state index in [4.69, 9.17) is 0 Å². The lowest BCUT2D eigenvalue weighted by Crippen LogP contribution is -2.64. The third-order valence-electron chi connectivity index (χ3n) is 4.84. The molecule has 3 aromatic rings. The molecule has 0 aromatic heterocycles. The predicted octanol–water partition coefficient (Wildman–Crippen LogP) is 3.27. The van der Waals surface area contributed by atoms with E-state index in [1.165, 1.54) is 23.6 Å². The maximum Gasteiger partial charge on any atom is 0.0966 e. The minimum absolute atomic E-state index is 1.24. The molecule has 1 atom stereocenters. The first-order valence-electron chi connectivity index (χ1n) is 7.79. The van der Waals surface area contributed by atoms with E-state index in [9.17, 15) is 0 Å². The highest BCUT2D eigenvalue weighted by Crippen LogP contribution is 2.31. The second-order valence-corrected chi connectivity index (χ2v) is 9.89. The van der Waals surface area contributed by atoms with Gasteiger partial charge in [0.2, 0.25) is 0 Å². The minimum Gasteiger partial charge on any atom is -0.152 e. The Morgan fingerprint density at radius 1 is 0.857 bits per heavy atom. The number of benzene rings is 2. The Bertz CT molecular complexity index is 769. The lowest BCUT2D eigenvalue weighted by Gasteiger charge is -2.33. The molecule has 1 aliphatic rings. The number of hydrogen-bond donors (Lipinski definition) is 0. The van der Waals surface area contributed by atoms with Gasteiger partial charge >= 0.3 is 0 Å². The second-order valence-electron chi connectivity index (χ2n) is 5.92. The molecule has 0 nitrogen and oxygen atoms in total. The molecule has 1 heteroatoms. The van der Waals surface area contributed by atoms with Gasteiger partial charge in [-0.15, -0.1) is 28.1 Å². The fourth-order valence-corrected chi connectivity index (χ4v) is 9.45. The van der Waals surface area contributed by atoms with E-state index in [-0.39, 0.29) is 0 Å². The molecule has 0 radical (unpaired) electrons. The summed E-state index contributed by atoms with van der Waals surface area (Å²) in [7, 11) is -1.80. The van der Waals surface area contributed by atoms with Crippen LogP contribution < -0.4 is 15.6 Å². The highest BCUT2D eigenvalue weighted by Gasteiger charge is 2.40. The van der Waals surface area contributed by atoms with Gasteiger partial charge in [-0.1, -0.05) is 78.7 Å². The summed E-state index contributed by atoms with van der Waals surface area (Å²) in [6.07, 6.45) is 1.24. The van der Waals surface area contributed by atoms with Gasteiger partial charge in [0.15, 0.2) is 0 Å². The molecule has 1 aliphatic heterocycles. The monoisotopic (exact) mass is 287 g/mol. The van der Waals surface area contributed by atoms with Crippen LogP contribution in [0.25, 0.3) is 11.1 Å². The molecule has 1 heterocycles. The summed E-state index contributed by atoms with van der Waals surface area (Å²) in [6, 6.07) is 28.5. The zero-order chi connectivity index (χ0) is 14.3. The van der Waals surface area contributed by atoms with Crippen LogP contribution in [0.3, 0.4) is 0 Å². The van der Waals surface area contributed by atoms with Gasteiger partial charge in [-0.05, 0) is 0 Å². The molecular weight excluding hydrogens is 268 g/mol. The topological polar surface area (TPSA) is 0 Å². The Balaban J connectivity index is 2.08. The van der Waals surface area contributed by atoms with Crippen molar-refractivity contribution in [2.45, 2.75) is 19.4 Å². The van der Waals surface area contributed by atoms with Gasteiger partial charge in [0.25, 0.3) is 0 Å². The molecule has 21 heavy (non-hydrogen) atoms. The molecule has 0 saturated carbocycles. The summed E-state index contributed by atoms with van der Waals surface area (Å²) < 4.78 is 0. The third kappa shape index (κ3) is 1.64. The number of rotatable bonds is 3.